The molecule has 2 saturated heterocycles. The van der Waals surface area contributed by atoms with Crippen molar-refractivity contribution in [2.75, 3.05) is 13.1 Å². The van der Waals surface area contributed by atoms with Crippen molar-refractivity contribution in [1.82, 2.24) is 19.8 Å². The van der Waals surface area contributed by atoms with Gasteiger partial charge >= 0.3 is 0 Å². The Morgan fingerprint density at radius 2 is 2.05 bits per heavy atom. The summed E-state index contributed by atoms with van der Waals surface area (Å²) in [4.78, 5) is 7.10. The highest BCUT2D eigenvalue weighted by molar-refractivity contribution is 5.05. The van der Waals surface area contributed by atoms with Crippen LogP contribution in [-0.4, -0.2) is 39.1 Å². The van der Waals surface area contributed by atoms with E-state index in [4.69, 9.17) is 0 Å². The minimum absolute atomic E-state index is 0.154. The van der Waals surface area contributed by atoms with E-state index in [1.54, 1.807) is 0 Å². The maximum Gasteiger partial charge on any atom is 0.0951 e. The van der Waals surface area contributed by atoms with Crippen LogP contribution in [0, 0.1) is 0 Å². The van der Waals surface area contributed by atoms with Crippen LogP contribution in [0.2, 0.25) is 0 Å². The number of hydrogen-bond acceptors (Lipinski definition) is 3. The minimum atomic E-state index is 0.154. The highest BCUT2D eigenvalue weighted by atomic mass is 15.3. The zero-order valence-electron chi connectivity index (χ0n) is 13.1. The van der Waals surface area contributed by atoms with Gasteiger partial charge in [0.15, 0.2) is 0 Å². The Kier molecular flexibility index (Phi) is 3.87. The molecule has 2 aliphatic heterocycles. The Bertz CT molecular complexity index is 446. The number of nitrogens with one attached hydrogen (secondary N) is 1. The van der Waals surface area contributed by atoms with Gasteiger partial charge in [0.05, 0.1) is 18.1 Å². The molecule has 0 amide bonds. The van der Waals surface area contributed by atoms with Gasteiger partial charge in [-0.25, -0.2) is 4.98 Å². The van der Waals surface area contributed by atoms with E-state index in [0.29, 0.717) is 6.04 Å². The molecule has 0 aromatic carbocycles. The van der Waals surface area contributed by atoms with Crippen molar-refractivity contribution in [3.05, 3.63) is 18.2 Å². The molecule has 4 heteroatoms. The number of piperidine rings is 1. The minimum Gasteiger partial charge on any atom is -0.329 e. The van der Waals surface area contributed by atoms with Gasteiger partial charge in [0.25, 0.3) is 0 Å². The Hall–Kier alpha value is -0.870. The van der Waals surface area contributed by atoms with Crippen LogP contribution in [0.25, 0.3) is 0 Å². The van der Waals surface area contributed by atoms with E-state index in [1.165, 1.54) is 44.5 Å². The predicted molar refractivity (Wildman–Crippen MR) is 81.7 cm³/mol. The zero-order valence-corrected chi connectivity index (χ0v) is 13.1. The van der Waals surface area contributed by atoms with Crippen LogP contribution in [0.5, 0.6) is 0 Å². The van der Waals surface area contributed by atoms with Crippen molar-refractivity contribution in [2.24, 2.45) is 0 Å². The van der Waals surface area contributed by atoms with Gasteiger partial charge in [-0.1, -0.05) is 6.42 Å². The van der Waals surface area contributed by atoms with E-state index in [1.807, 2.05) is 12.5 Å². The molecule has 1 aromatic heterocycles. The summed E-state index contributed by atoms with van der Waals surface area (Å²) < 4.78 is 2.44. The molecule has 1 N–H and O–H groups in total. The van der Waals surface area contributed by atoms with Crippen LogP contribution in [-0.2, 0) is 6.54 Å². The van der Waals surface area contributed by atoms with Gasteiger partial charge in [-0.2, -0.15) is 0 Å². The SMILES string of the molecule is CC(C)(C)NCc1cncn1C1CCN2CCCCC12. The van der Waals surface area contributed by atoms with Crippen molar-refractivity contribution >= 4 is 0 Å². The molecular weight excluding hydrogens is 248 g/mol. The van der Waals surface area contributed by atoms with E-state index in [9.17, 15) is 0 Å². The lowest BCUT2D eigenvalue weighted by Crippen LogP contribution is -2.39. The van der Waals surface area contributed by atoms with Gasteiger partial charge < -0.3 is 9.88 Å². The van der Waals surface area contributed by atoms with Crippen molar-refractivity contribution in [1.29, 1.82) is 0 Å². The van der Waals surface area contributed by atoms with E-state index in [-0.39, 0.29) is 5.54 Å². The molecule has 0 spiro atoms. The van der Waals surface area contributed by atoms with Crippen molar-refractivity contribution in [3.63, 3.8) is 0 Å². The molecule has 0 radical (unpaired) electrons. The summed E-state index contributed by atoms with van der Waals surface area (Å²) in [7, 11) is 0. The number of imidazole rings is 1. The lowest BCUT2D eigenvalue weighted by atomic mass is 9.98. The smallest absolute Gasteiger partial charge is 0.0951 e. The summed E-state index contributed by atoms with van der Waals surface area (Å²) in [5, 5.41) is 3.59. The Morgan fingerprint density at radius 3 is 2.85 bits per heavy atom. The van der Waals surface area contributed by atoms with Crippen LogP contribution in [0.15, 0.2) is 12.5 Å². The van der Waals surface area contributed by atoms with E-state index >= 15 is 0 Å². The molecule has 0 bridgehead atoms. The molecule has 3 heterocycles. The fourth-order valence-corrected chi connectivity index (χ4v) is 3.67. The maximum atomic E-state index is 4.41. The summed E-state index contributed by atoms with van der Waals surface area (Å²) in [6, 6.07) is 1.38. The zero-order chi connectivity index (χ0) is 14.2. The molecule has 4 nitrogen and oxygen atoms in total. The number of fused-ring (bicyclic) bond motifs is 1. The van der Waals surface area contributed by atoms with Gasteiger partial charge in [-0.15, -0.1) is 0 Å². The first-order valence-electron chi connectivity index (χ1n) is 8.04. The summed E-state index contributed by atoms with van der Waals surface area (Å²) in [5.41, 5.74) is 1.49. The first kappa shape index (κ1) is 14.1. The molecule has 20 heavy (non-hydrogen) atoms. The number of aromatic nitrogens is 2. The van der Waals surface area contributed by atoms with Gasteiger partial charge in [0.2, 0.25) is 0 Å². The molecule has 2 unspecified atom stereocenters. The van der Waals surface area contributed by atoms with Crippen LogP contribution in [0.1, 0.15) is 58.2 Å². The Morgan fingerprint density at radius 1 is 1.20 bits per heavy atom. The van der Waals surface area contributed by atoms with Crippen LogP contribution in [0.4, 0.5) is 0 Å². The number of hydrogen-bond donors (Lipinski definition) is 1. The highest BCUT2D eigenvalue weighted by Gasteiger charge is 2.37. The van der Waals surface area contributed by atoms with Gasteiger partial charge in [-0.3, -0.25) is 4.90 Å². The molecule has 2 aliphatic rings. The second-order valence-electron chi connectivity index (χ2n) is 7.35. The normalized spacial score (nSPS) is 27.8. The quantitative estimate of drug-likeness (QED) is 0.921. The van der Waals surface area contributed by atoms with Crippen molar-refractivity contribution < 1.29 is 0 Å². The van der Waals surface area contributed by atoms with E-state index in [0.717, 1.165) is 12.6 Å². The summed E-state index contributed by atoms with van der Waals surface area (Å²) >= 11 is 0. The molecule has 112 valence electrons. The third kappa shape index (κ3) is 2.91. The lowest BCUT2D eigenvalue weighted by molar-refractivity contribution is 0.172. The van der Waals surface area contributed by atoms with Gasteiger partial charge in [-0.05, 0) is 46.6 Å². The second kappa shape index (κ2) is 5.49. The van der Waals surface area contributed by atoms with E-state index < -0.39 is 0 Å². The van der Waals surface area contributed by atoms with Crippen molar-refractivity contribution in [2.45, 2.75) is 70.6 Å². The molecule has 0 saturated carbocycles. The standard InChI is InChI=1S/C16H28N4/c1-16(2,3)18-11-13-10-17-12-20(13)15-7-9-19-8-5-4-6-14(15)19/h10,12,14-15,18H,4-9,11H2,1-3H3. The maximum absolute atomic E-state index is 4.41. The molecule has 2 atom stereocenters. The average Bonchev–Trinajstić information content (AvgIpc) is 3.01. The molecule has 1 aromatic rings. The first-order chi connectivity index (χ1) is 9.54. The molecular formula is C16H28N4. The summed E-state index contributed by atoms with van der Waals surface area (Å²) in [6.45, 7) is 10.1. The highest BCUT2D eigenvalue weighted by Crippen LogP contribution is 2.35. The summed E-state index contributed by atoms with van der Waals surface area (Å²) in [6.07, 6.45) is 9.48. The summed E-state index contributed by atoms with van der Waals surface area (Å²) in [5.74, 6) is 0. The topological polar surface area (TPSA) is 33.1 Å². The van der Waals surface area contributed by atoms with Crippen molar-refractivity contribution in [3.8, 4) is 0 Å². The predicted octanol–water partition coefficient (Wildman–Crippen LogP) is 2.57. The largest absolute Gasteiger partial charge is 0.329 e. The fourth-order valence-electron chi connectivity index (χ4n) is 3.67. The third-order valence-electron chi connectivity index (χ3n) is 4.72. The monoisotopic (exact) mass is 276 g/mol. The number of rotatable bonds is 3. The Balaban J connectivity index is 1.72. The van der Waals surface area contributed by atoms with Gasteiger partial charge in [0.1, 0.15) is 0 Å². The Labute approximate surface area is 122 Å². The lowest BCUT2D eigenvalue weighted by Gasteiger charge is -2.33. The van der Waals surface area contributed by atoms with E-state index in [2.05, 4.69) is 40.5 Å². The molecule has 3 rings (SSSR count). The second-order valence-corrected chi connectivity index (χ2v) is 7.35. The molecule has 2 fully saturated rings. The van der Waals surface area contributed by atoms with Crippen LogP contribution in [0.3, 0.4) is 0 Å². The number of nitrogens with zero attached hydrogens (tertiary/aromatic N) is 3. The van der Waals surface area contributed by atoms with Gasteiger partial charge in [0, 0.05) is 30.9 Å². The molecule has 0 aliphatic carbocycles. The first-order valence-corrected chi connectivity index (χ1v) is 8.04. The van der Waals surface area contributed by atoms with Crippen LogP contribution < -0.4 is 5.32 Å². The van der Waals surface area contributed by atoms with Crippen LogP contribution >= 0.6 is 0 Å². The fraction of sp³-hybridized carbons (Fsp3) is 0.812. The average molecular weight is 276 g/mol. The third-order valence-corrected chi connectivity index (χ3v) is 4.72.